The highest BCUT2D eigenvalue weighted by atomic mass is 16.6. The highest BCUT2D eigenvalue weighted by Gasteiger charge is 2.46. The second kappa shape index (κ2) is 10.9. The van der Waals surface area contributed by atoms with Crippen molar-refractivity contribution in [1.29, 1.82) is 0 Å². The van der Waals surface area contributed by atoms with Crippen LogP contribution < -0.4 is 14.2 Å². The Balaban J connectivity index is 1.41. The predicted octanol–water partition coefficient (Wildman–Crippen LogP) is 5.05. The number of amides is 1. The number of pyridine rings is 1. The molecule has 0 spiro atoms. The van der Waals surface area contributed by atoms with Crippen molar-refractivity contribution in [2.24, 2.45) is 0 Å². The lowest BCUT2D eigenvalue weighted by Gasteiger charge is -2.26. The lowest BCUT2D eigenvalue weighted by molar-refractivity contribution is -0.140. The normalized spacial score (nSPS) is 17.6. The van der Waals surface area contributed by atoms with E-state index in [-0.39, 0.29) is 17.9 Å². The molecule has 0 aliphatic carbocycles. The van der Waals surface area contributed by atoms with Gasteiger partial charge in [-0.15, -0.1) is 0 Å². The van der Waals surface area contributed by atoms with Gasteiger partial charge in [0.1, 0.15) is 31.3 Å². The Bertz CT molecular complexity index is 1590. The van der Waals surface area contributed by atoms with E-state index in [0.717, 1.165) is 11.1 Å². The number of aromatic nitrogens is 1. The SMILES string of the molecule is O=C1C(=O)N(Cc2cccnc2)[C@H](c2cccc(OCc3ccccc3)c2)C1=C(O)c1ccc2c(c1)OCCO2. The maximum absolute atomic E-state index is 13.5. The molecule has 1 N–H and O–H groups in total. The maximum atomic E-state index is 13.5. The van der Waals surface area contributed by atoms with Crippen LogP contribution in [0.1, 0.15) is 28.3 Å². The second-order valence-electron chi connectivity index (χ2n) is 9.49. The molecule has 1 aromatic heterocycles. The van der Waals surface area contributed by atoms with E-state index < -0.39 is 17.7 Å². The number of aliphatic hydroxyl groups is 1. The molecule has 40 heavy (non-hydrogen) atoms. The number of ether oxygens (including phenoxy) is 3. The first-order chi connectivity index (χ1) is 19.6. The Hall–Kier alpha value is -5.11. The van der Waals surface area contributed by atoms with Crippen LogP contribution in [0.15, 0.2) is 103 Å². The number of ketones is 1. The number of aliphatic hydroxyl groups excluding tert-OH is 1. The number of nitrogens with zero attached hydrogens (tertiary/aromatic N) is 2. The van der Waals surface area contributed by atoms with Crippen LogP contribution >= 0.6 is 0 Å². The molecule has 2 aliphatic heterocycles. The van der Waals surface area contributed by atoms with Crippen molar-refractivity contribution in [1.82, 2.24) is 9.88 Å². The summed E-state index contributed by atoms with van der Waals surface area (Å²) in [5, 5.41) is 11.5. The van der Waals surface area contributed by atoms with E-state index in [4.69, 9.17) is 14.2 Å². The molecular formula is C32H26N2O6. The molecule has 8 heteroatoms. The summed E-state index contributed by atoms with van der Waals surface area (Å²) >= 11 is 0. The van der Waals surface area contributed by atoms with Crippen LogP contribution in [0.3, 0.4) is 0 Å². The Morgan fingerprint density at radius 2 is 1.70 bits per heavy atom. The average Bonchev–Trinajstić information content (AvgIpc) is 3.25. The van der Waals surface area contributed by atoms with Crippen molar-refractivity contribution in [3.8, 4) is 17.2 Å². The van der Waals surface area contributed by atoms with Crippen LogP contribution in [-0.2, 0) is 22.7 Å². The van der Waals surface area contributed by atoms with Gasteiger partial charge >= 0.3 is 0 Å². The first kappa shape index (κ1) is 25.2. The van der Waals surface area contributed by atoms with E-state index in [1.165, 1.54) is 4.90 Å². The van der Waals surface area contributed by atoms with Crippen molar-refractivity contribution in [2.45, 2.75) is 19.2 Å². The third-order valence-corrected chi connectivity index (χ3v) is 6.85. The van der Waals surface area contributed by atoms with Gasteiger partial charge in [-0.1, -0.05) is 48.5 Å². The molecule has 6 rings (SSSR count). The molecule has 0 saturated carbocycles. The minimum Gasteiger partial charge on any atom is -0.507 e. The van der Waals surface area contributed by atoms with Gasteiger partial charge in [0.05, 0.1) is 11.6 Å². The zero-order chi connectivity index (χ0) is 27.5. The van der Waals surface area contributed by atoms with E-state index >= 15 is 0 Å². The third kappa shape index (κ3) is 4.99. The minimum absolute atomic E-state index is 0.00854. The van der Waals surface area contributed by atoms with Gasteiger partial charge in [0, 0.05) is 24.5 Å². The topological polar surface area (TPSA) is 98.2 Å². The summed E-state index contributed by atoms with van der Waals surface area (Å²) in [5.74, 6) is -0.162. The summed E-state index contributed by atoms with van der Waals surface area (Å²) < 4.78 is 17.3. The molecule has 8 nitrogen and oxygen atoms in total. The number of Topliss-reactive ketones (excluding diaryl/α,β-unsaturated/α-hetero) is 1. The molecule has 0 radical (unpaired) electrons. The predicted molar refractivity (Wildman–Crippen MR) is 147 cm³/mol. The number of carbonyl (C=O) groups is 2. The van der Waals surface area contributed by atoms with Gasteiger partial charge < -0.3 is 24.2 Å². The number of rotatable bonds is 7. The van der Waals surface area contributed by atoms with E-state index in [1.807, 2.05) is 54.6 Å². The van der Waals surface area contributed by atoms with E-state index in [0.29, 0.717) is 48.2 Å². The lowest BCUT2D eigenvalue weighted by atomic mass is 9.95. The Kier molecular flexibility index (Phi) is 6.89. The first-order valence-electron chi connectivity index (χ1n) is 12.9. The molecule has 0 bridgehead atoms. The van der Waals surface area contributed by atoms with Crippen molar-refractivity contribution >= 4 is 17.4 Å². The molecule has 1 atom stereocenters. The van der Waals surface area contributed by atoms with E-state index in [9.17, 15) is 14.7 Å². The number of likely N-dealkylation sites (tertiary alicyclic amines) is 1. The smallest absolute Gasteiger partial charge is 0.295 e. The third-order valence-electron chi connectivity index (χ3n) is 6.85. The molecule has 200 valence electrons. The number of carbonyl (C=O) groups excluding carboxylic acids is 2. The molecule has 1 amide bonds. The van der Waals surface area contributed by atoms with Gasteiger partial charge in [0.2, 0.25) is 0 Å². The quantitative estimate of drug-likeness (QED) is 0.201. The number of hydrogen-bond acceptors (Lipinski definition) is 7. The summed E-state index contributed by atoms with van der Waals surface area (Å²) in [6, 6.07) is 24.7. The summed E-state index contributed by atoms with van der Waals surface area (Å²) in [6.45, 7) is 1.30. The monoisotopic (exact) mass is 534 g/mol. The maximum Gasteiger partial charge on any atom is 0.295 e. The highest BCUT2D eigenvalue weighted by Crippen LogP contribution is 2.42. The Morgan fingerprint density at radius 3 is 2.50 bits per heavy atom. The second-order valence-corrected chi connectivity index (χ2v) is 9.49. The average molecular weight is 535 g/mol. The fourth-order valence-electron chi connectivity index (χ4n) is 4.94. The van der Waals surface area contributed by atoms with Crippen molar-refractivity contribution in [3.63, 3.8) is 0 Å². The van der Waals surface area contributed by atoms with Crippen LogP contribution in [0.5, 0.6) is 17.2 Å². The summed E-state index contributed by atoms with van der Waals surface area (Å²) in [4.78, 5) is 32.5. The highest BCUT2D eigenvalue weighted by molar-refractivity contribution is 6.46. The van der Waals surface area contributed by atoms with Crippen LogP contribution in [0.2, 0.25) is 0 Å². The summed E-state index contributed by atoms with van der Waals surface area (Å²) in [7, 11) is 0. The van der Waals surface area contributed by atoms with E-state index in [2.05, 4.69) is 4.98 Å². The molecule has 1 saturated heterocycles. The van der Waals surface area contributed by atoms with Crippen LogP contribution in [0.4, 0.5) is 0 Å². The van der Waals surface area contributed by atoms with Gasteiger partial charge in [-0.3, -0.25) is 14.6 Å². The van der Waals surface area contributed by atoms with Crippen molar-refractivity contribution in [2.75, 3.05) is 13.2 Å². The van der Waals surface area contributed by atoms with Gasteiger partial charge in [-0.25, -0.2) is 0 Å². The molecule has 1 fully saturated rings. The standard InChI is InChI=1S/C32H26N2O6/c35-30(24-11-12-26-27(17-24)39-15-14-38-26)28-29(34(32(37)31(28)36)19-22-8-5-13-33-18-22)23-9-4-10-25(16-23)40-20-21-6-2-1-3-7-21/h1-13,16-18,29,35H,14-15,19-20H2/t29-/m1/s1. The fraction of sp³-hybridized carbons (Fsp3) is 0.156. The van der Waals surface area contributed by atoms with Crippen molar-refractivity contribution in [3.05, 3.63) is 125 Å². The van der Waals surface area contributed by atoms with Crippen molar-refractivity contribution < 1.29 is 28.9 Å². The summed E-state index contributed by atoms with van der Waals surface area (Å²) in [5.41, 5.74) is 2.74. The molecule has 3 heterocycles. The van der Waals surface area contributed by atoms with Crippen LogP contribution in [-0.4, -0.2) is 39.9 Å². The fourth-order valence-corrected chi connectivity index (χ4v) is 4.94. The van der Waals surface area contributed by atoms with Gasteiger partial charge in [-0.05, 0) is 53.1 Å². The largest absolute Gasteiger partial charge is 0.507 e. The molecule has 2 aliphatic rings. The van der Waals surface area contributed by atoms with Crippen LogP contribution in [0.25, 0.3) is 5.76 Å². The van der Waals surface area contributed by atoms with Gasteiger partial charge in [0.25, 0.3) is 11.7 Å². The van der Waals surface area contributed by atoms with Gasteiger partial charge in [-0.2, -0.15) is 0 Å². The number of fused-ring (bicyclic) bond motifs is 1. The zero-order valence-electron chi connectivity index (χ0n) is 21.5. The molecule has 4 aromatic rings. The minimum atomic E-state index is -0.853. The molecule has 3 aromatic carbocycles. The zero-order valence-corrected chi connectivity index (χ0v) is 21.5. The Labute approximate surface area is 231 Å². The Morgan fingerprint density at radius 1 is 0.900 bits per heavy atom. The van der Waals surface area contributed by atoms with Crippen LogP contribution in [0, 0.1) is 0 Å². The lowest BCUT2D eigenvalue weighted by Crippen LogP contribution is -2.29. The first-order valence-corrected chi connectivity index (χ1v) is 12.9. The van der Waals surface area contributed by atoms with Gasteiger partial charge in [0.15, 0.2) is 11.5 Å². The number of benzene rings is 3. The molecule has 0 unspecified atom stereocenters. The van der Waals surface area contributed by atoms with E-state index in [1.54, 1.807) is 42.7 Å². The number of hydrogen-bond donors (Lipinski definition) is 1. The molecular weight excluding hydrogens is 508 g/mol. The summed E-state index contributed by atoms with van der Waals surface area (Å²) in [6.07, 6.45) is 3.29.